The second-order valence-corrected chi connectivity index (χ2v) is 2.36. The zero-order chi connectivity index (χ0) is 10.9. The predicted molar refractivity (Wildman–Crippen MR) is 42.6 cm³/mol. The third-order valence-corrected chi connectivity index (χ3v) is 1.49. The molecule has 0 saturated carbocycles. The maximum Gasteiger partial charge on any atom is 0.353 e. The molecule has 14 heavy (non-hydrogen) atoms. The molecule has 0 aliphatic carbocycles. The summed E-state index contributed by atoms with van der Waals surface area (Å²) in [6.07, 6.45) is 0.720. The molecule has 0 aliphatic heterocycles. The number of aromatic hydroxyl groups is 1. The first-order chi connectivity index (χ1) is 6.45. The molecule has 1 aromatic heterocycles. The van der Waals surface area contributed by atoms with Gasteiger partial charge in [-0.25, -0.2) is 9.59 Å². The quantitative estimate of drug-likeness (QED) is 0.507. The van der Waals surface area contributed by atoms with Crippen LogP contribution in [0.3, 0.4) is 0 Å². The van der Waals surface area contributed by atoms with E-state index in [2.05, 4.69) is 0 Å². The molecule has 0 bridgehead atoms. The normalized spacial score (nSPS) is 9.71. The summed E-state index contributed by atoms with van der Waals surface area (Å²) in [7, 11) is 0. The molecule has 4 N–H and O–H groups in total. The molecular formula is C7H5NO6. The number of rotatable bonds is 2. The van der Waals surface area contributed by atoms with Gasteiger partial charge in [0, 0.05) is 6.20 Å². The van der Waals surface area contributed by atoms with Gasteiger partial charge in [-0.2, -0.15) is 0 Å². The van der Waals surface area contributed by atoms with E-state index in [-0.39, 0.29) is 0 Å². The largest absolute Gasteiger partial charge is 0.503 e. The van der Waals surface area contributed by atoms with Gasteiger partial charge in [0.05, 0.1) is 0 Å². The molecule has 0 aliphatic rings. The highest BCUT2D eigenvalue weighted by Gasteiger charge is 2.22. The Morgan fingerprint density at radius 3 is 2.21 bits per heavy atom. The van der Waals surface area contributed by atoms with E-state index < -0.39 is 34.4 Å². The lowest BCUT2D eigenvalue weighted by atomic mass is 10.2. The second kappa shape index (κ2) is 3.21. The average Bonchev–Trinajstić information content (AvgIpc) is 2.08. The lowest BCUT2D eigenvalue weighted by molar-refractivity contribution is 0.0644. The monoisotopic (exact) mass is 199 g/mol. The van der Waals surface area contributed by atoms with E-state index in [4.69, 9.17) is 15.3 Å². The van der Waals surface area contributed by atoms with Gasteiger partial charge in [0.1, 0.15) is 11.3 Å². The fourth-order valence-corrected chi connectivity index (χ4v) is 0.893. The number of hydrogen-bond acceptors (Lipinski definition) is 4. The van der Waals surface area contributed by atoms with Crippen LogP contribution in [0.25, 0.3) is 0 Å². The van der Waals surface area contributed by atoms with Crippen LogP contribution in [0.5, 0.6) is 5.75 Å². The van der Waals surface area contributed by atoms with Gasteiger partial charge >= 0.3 is 11.9 Å². The van der Waals surface area contributed by atoms with E-state index in [1.807, 2.05) is 4.98 Å². The number of hydrogen-bond donors (Lipinski definition) is 4. The van der Waals surface area contributed by atoms with E-state index in [1.165, 1.54) is 0 Å². The molecule has 7 heteroatoms. The Balaban J connectivity index is 3.62. The summed E-state index contributed by atoms with van der Waals surface area (Å²) in [5.74, 6) is -4.13. The summed E-state index contributed by atoms with van der Waals surface area (Å²) < 4.78 is 0. The number of pyridine rings is 1. The van der Waals surface area contributed by atoms with Crippen LogP contribution in [0.4, 0.5) is 0 Å². The van der Waals surface area contributed by atoms with Crippen molar-refractivity contribution < 1.29 is 24.9 Å². The van der Waals surface area contributed by atoms with Crippen LogP contribution in [0.2, 0.25) is 0 Å². The van der Waals surface area contributed by atoms with Gasteiger partial charge < -0.3 is 20.3 Å². The summed E-state index contributed by atoms with van der Waals surface area (Å²) >= 11 is 0. The Morgan fingerprint density at radius 2 is 1.79 bits per heavy atom. The van der Waals surface area contributed by atoms with Gasteiger partial charge in [-0.15, -0.1) is 0 Å². The molecule has 0 amide bonds. The van der Waals surface area contributed by atoms with Gasteiger partial charge in [0.15, 0.2) is 5.75 Å². The van der Waals surface area contributed by atoms with E-state index >= 15 is 0 Å². The minimum absolute atomic E-state index is 0.720. The van der Waals surface area contributed by atoms with Crippen LogP contribution in [0, 0.1) is 0 Å². The van der Waals surface area contributed by atoms with Crippen LogP contribution in [-0.2, 0) is 0 Å². The highest BCUT2D eigenvalue weighted by molar-refractivity contribution is 6.00. The molecule has 1 aromatic rings. The lowest BCUT2D eigenvalue weighted by Crippen LogP contribution is -2.21. The van der Waals surface area contributed by atoms with E-state index in [1.54, 1.807) is 0 Å². The van der Waals surface area contributed by atoms with Crippen LogP contribution >= 0.6 is 0 Å². The zero-order valence-corrected chi connectivity index (χ0v) is 6.64. The first-order valence-corrected chi connectivity index (χ1v) is 3.36. The van der Waals surface area contributed by atoms with Crippen LogP contribution < -0.4 is 5.43 Å². The Morgan fingerprint density at radius 1 is 1.21 bits per heavy atom. The highest BCUT2D eigenvalue weighted by atomic mass is 16.4. The molecule has 0 aromatic carbocycles. The van der Waals surface area contributed by atoms with Gasteiger partial charge in [0.2, 0.25) is 5.43 Å². The van der Waals surface area contributed by atoms with Gasteiger partial charge in [-0.3, -0.25) is 4.79 Å². The molecule has 0 atom stereocenters. The predicted octanol–water partition coefficient (Wildman–Crippen LogP) is -0.523. The molecular weight excluding hydrogens is 194 g/mol. The number of carboxylic acid groups (broad SMARTS) is 2. The molecule has 0 spiro atoms. The maximum absolute atomic E-state index is 11.0. The van der Waals surface area contributed by atoms with Crippen LogP contribution in [0.1, 0.15) is 20.8 Å². The van der Waals surface area contributed by atoms with Crippen molar-refractivity contribution in [1.29, 1.82) is 0 Å². The molecule has 7 nitrogen and oxygen atoms in total. The smallest absolute Gasteiger partial charge is 0.353 e. The van der Waals surface area contributed by atoms with Crippen LogP contribution in [-0.4, -0.2) is 32.2 Å². The Hall–Kier alpha value is -2.31. The van der Waals surface area contributed by atoms with E-state index in [0.29, 0.717) is 0 Å². The molecule has 1 rings (SSSR count). The van der Waals surface area contributed by atoms with Crippen molar-refractivity contribution in [3.05, 3.63) is 27.7 Å². The highest BCUT2D eigenvalue weighted by Crippen LogP contribution is 2.06. The van der Waals surface area contributed by atoms with Crippen molar-refractivity contribution in [2.75, 3.05) is 0 Å². The Bertz CT molecular complexity index is 460. The fourth-order valence-electron chi connectivity index (χ4n) is 0.893. The minimum Gasteiger partial charge on any atom is -0.503 e. The molecule has 1 heterocycles. The van der Waals surface area contributed by atoms with Gasteiger partial charge in [-0.05, 0) is 0 Å². The summed E-state index contributed by atoms with van der Waals surface area (Å²) in [5.41, 5.74) is -2.98. The van der Waals surface area contributed by atoms with Crippen molar-refractivity contribution in [2.24, 2.45) is 0 Å². The minimum atomic E-state index is -1.71. The number of aromatic carboxylic acids is 2. The van der Waals surface area contributed by atoms with E-state index in [0.717, 1.165) is 6.20 Å². The maximum atomic E-state index is 11.0. The molecule has 0 fully saturated rings. The van der Waals surface area contributed by atoms with Gasteiger partial charge in [0.25, 0.3) is 0 Å². The van der Waals surface area contributed by atoms with Crippen molar-refractivity contribution >= 4 is 11.9 Å². The number of nitrogens with one attached hydrogen (secondary N) is 1. The average molecular weight is 199 g/mol. The summed E-state index contributed by atoms with van der Waals surface area (Å²) in [5, 5.41) is 25.9. The SMILES string of the molecule is O=C(O)c1[nH]cc(O)c(=O)c1C(=O)O. The Labute approximate surface area is 76.2 Å². The standard InChI is InChI=1S/C7H5NO6/c9-2-1-8-4(7(13)14)3(5(2)10)6(11)12/h1,9H,(H,8,10)(H,11,12)(H,13,14). The molecule has 74 valence electrons. The topological polar surface area (TPSA) is 128 Å². The van der Waals surface area contributed by atoms with Gasteiger partial charge in [-0.1, -0.05) is 0 Å². The number of carboxylic acids is 2. The van der Waals surface area contributed by atoms with Crippen LogP contribution in [0.15, 0.2) is 11.0 Å². The van der Waals surface area contributed by atoms with Crippen molar-refractivity contribution in [3.63, 3.8) is 0 Å². The molecule has 0 saturated heterocycles. The summed E-state index contributed by atoms with van der Waals surface area (Å²) in [6, 6.07) is 0. The number of H-pyrrole nitrogens is 1. The second-order valence-electron chi connectivity index (χ2n) is 2.36. The number of aromatic amines is 1. The number of aromatic nitrogens is 1. The fraction of sp³-hybridized carbons (Fsp3) is 0. The lowest BCUT2D eigenvalue weighted by Gasteiger charge is -2.00. The molecule has 0 unspecified atom stereocenters. The summed E-state index contributed by atoms with van der Waals surface area (Å²) in [4.78, 5) is 34.0. The van der Waals surface area contributed by atoms with E-state index in [9.17, 15) is 14.4 Å². The van der Waals surface area contributed by atoms with Crippen molar-refractivity contribution in [1.82, 2.24) is 4.98 Å². The Kier molecular flexibility index (Phi) is 2.24. The zero-order valence-electron chi connectivity index (χ0n) is 6.64. The first kappa shape index (κ1) is 9.78. The third kappa shape index (κ3) is 1.42. The summed E-state index contributed by atoms with van der Waals surface area (Å²) in [6.45, 7) is 0. The number of carbonyl (C=O) groups is 2. The third-order valence-electron chi connectivity index (χ3n) is 1.49. The van der Waals surface area contributed by atoms with Crippen molar-refractivity contribution in [3.8, 4) is 5.75 Å². The van der Waals surface area contributed by atoms with Crippen molar-refractivity contribution in [2.45, 2.75) is 0 Å². The first-order valence-electron chi connectivity index (χ1n) is 3.36. The molecule has 0 radical (unpaired) electrons.